The largest absolute Gasteiger partial charge is 0.480 e. The molecular formula is C12H17N3O3S. The number of carboxylic acids is 1. The van der Waals surface area contributed by atoms with Crippen molar-refractivity contribution in [3.63, 3.8) is 0 Å². The zero-order valence-corrected chi connectivity index (χ0v) is 11.4. The van der Waals surface area contributed by atoms with Gasteiger partial charge in [-0.2, -0.15) is 11.8 Å². The van der Waals surface area contributed by atoms with E-state index in [1.807, 2.05) is 6.26 Å². The quantitative estimate of drug-likeness (QED) is 0.594. The van der Waals surface area contributed by atoms with Crippen molar-refractivity contribution >= 4 is 35.1 Å². The number of rotatable bonds is 6. The molecule has 0 bridgehead atoms. The molecule has 0 aliphatic carbocycles. The number of hydrogen-bond donors (Lipinski definition) is 4. The van der Waals surface area contributed by atoms with Gasteiger partial charge in [-0.3, -0.25) is 0 Å². The Hall–Kier alpha value is -1.89. The van der Waals surface area contributed by atoms with Crippen LogP contribution in [0.3, 0.4) is 0 Å². The van der Waals surface area contributed by atoms with E-state index in [0.29, 0.717) is 23.5 Å². The summed E-state index contributed by atoms with van der Waals surface area (Å²) in [6.45, 7) is 0. The first-order valence-corrected chi connectivity index (χ1v) is 7.07. The number of benzene rings is 1. The van der Waals surface area contributed by atoms with Gasteiger partial charge in [-0.25, -0.2) is 9.59 Å². The number of carboxylic acid groups (broad SMARTS) is 1. The highest BCUT2D eigenvalue weighted by atomic mass is 32.2. The first kappa shape index (κ1) is 15.2. The summed E-state index contributed by atoms with van der Waals surface area (Å²) < 4.78 is 0. The number of thioether (sulfide) groups is 1. The molecule has 1 rings (SSSR count). The summed E-state index contributed by atoms with van der Waals surface area (Å²) in [6, 6.07) is 5.16. The van der Waals surface area contributed by atoms with Crippen molar-refractivity contribution in [3.8, 4) is 0 Å². The van der Waals surface area contributed by atoms with Crippen molar-refractivity contribution in [1.29, 1.82) is 0 Å². The predicted octanol–water partition coefficient (Wildman–Crippen LogP) is 1.60. The topological polar surface area (TPSA) is 104 Å². The summed E-state index contributed by atoms with van der Waals surface area (Å²) in [6.07, 6.45) is 2.26. The molecule has 5 N–H and O–H groups in total. The summed E-state index contributed by atoms with van der Waals surface area (Å²) >= 11 is 1.53. The summed E-state index contributed by atoms with van der Waals surface area (Å²) in [5, 5.41) is 14.0. The Morgan fingerprint density at radius 2 is 2.00 bits per heavy atom. The molecule has 104 valence electrons. The van der Waals surface area contributed by atoms with Gasteiger partial charge in [0.05, 0.1) is 0 Å². The van der Waals surface area contributed by atoms with Crippen molar-refractivity contribution in [1.82, 2.24) is 5.32 Å². The maximum absolute atomic E-state index is 11.7. The molecule has 1 atom stereocenters. The molecular weight excluding hydrogens is 266 g/mol. The molecule has 0 aromatic heterocycles. The zero-order chi connectivity index (χ0) is 14.3. The molecule has 1 aromatic carbocycles. The number of nitrogen functional groups attached to an aromatic ring is 1. The van der Waals surface area contributed by atoms with Gasteiger partial charge in [-0.1, -0.05) is 0 Å². The fraction of sp³-hybridized carbons (Fsp3) is 0.333. The molecule has 0 fully saturated rings. The van der Waals surface area contributed by atoms with Gasteiger partial charge in [-0.05, 0) is 42.7 Å². The molecule has 2 amide bonds. The van der Waals surface area contributed by atoms with Gasteiger partial charge >= 0.3 is 12.0 Å². The molecule has 7 heteroatoms. The van der Waals surface area contributed by atoms with Gasteiger partial charge in [0, 0.05) is 11.4 Å². The molecule has 0 heterocycles. The van der Waals surface area contributed by atoms with Crippen LogP contribution in [0.15, 0.2) is 24.3 Å². The molecule has 1 unspecified atom stereocenters. The van der Waals surface area contributed by atoms with Crippen LogP contribution in [-0.4, -0.2) is 35.2 Å². The first-order valence-electron chi connectivity index (χ1n) is 5.67. The number of carbonyl (C=O) groups excluding carboxylic acids is 1. The van der Waals surface area contributed by atoms with Gasteiger partial charge < -0.3 is 21.5 Å². The van der Waals surface area contributed by atoms with Crippen molar-refractivity contribution in [2.75, 3.05) is 23.1 Å². The SMILES string of the molecule is CSCCC(NC(=O)Nc1ccc(N)cc1)C(=O)O. The normalized spacial score (nSPS) is 11.6. The Kier molecular flexibility index (Phi) is 6.01. The molecule has 0 aliphatic heterocycles. The molecule has 6 nitrogen and oxygen atoms in total. The second kappa shape index (κ2) is 7.52. The van der Waals surface area contributed by atoms with Gasteiger partial charge in [-0.15, -0.1) is 0 Å². The predicted molar refractivity (Wildman–Crippen MR) is 77.4 cm³/mol. The van der Waals surface area contributed by atoms with Crippen molar-refractivity contribution < 1.29 is 14.7 Å². The summed E-state index contributed by atoms with van der Waals surface area (Å²) in [5.41, 5.74) is 6.67. The van der Waals surface area contributed by atoms with E-state index in [2.05, 4.69) is 10.6 Å². The molecule has 0 aliphatic rings. The third-order valence-electron chi connectivity index (χ3n) is 2.38. The average molecular weight is 283 g/mol. The van der Waals surface area contributed by atoms with E-state index in [-0.39, 0.29) is 0 Å². The van der Waals surface area contributed by atoms with Crippen molar-refractivity contribution in [3.05, 3.63) is 24.3 Å². The van der Waals surface area contributed by atoms with E-state index in [0.717, 1.165) is 0 Å². The highest BCUT2D eigenvalue weighted by Gasteiger charge is 2.19. The van der Waals surface area contributed by atoms with Crippen LogP contribution >= 0.6 is 11.8 Å². The molecule has 1 aromatic rings. The number of nitrogens with one attached hydrogen (secondary N) is 2. The van der Waals surface area contributed by atoms with Crippen LogP contribution < -0.4 is 16.4 Å². The third kappa shape index (κ3) is 5.52. The molecule has 0 saturated heterocycles. The van der Waals surface area contributed by atoms with Crippen LogP contribution in [0.1, 0.15) is 6.42 Å². The first-order chi connectivity index (χ1) is 9.02. The lowest BCUT2D eigenvalue weighted by atomic mass is 10.2. The molecule has 0 saturated carbocycles. The monoisotopic (exact) mass is 283 g/mol. The maximum Gasteiger partial charge on any atom is 0.326 e. The lowest BCUT2D eigenvalue weighted by Gasteiger charge is -2.14. The van der Waals surface area contributed by atoms with Crippen LogP contribution in [0, 0.1) is 0 Å². The number of anilines is 2. The number of carbonyl (C=O) groups is 2. The Bertz CT molecular complexity index is 436. The fourth-order valence-electron chi connectivity index (χ4n) is 1.38. The fourth-order valence-corrected chi connectivity index (χ4v) is 1.86. The second-order valence-corrected chi connectivity index (χ2v) is 4.88. The van der Waals surface area contributed by atoms with E-state index < -0.39 is 18.0 Å². The van der Waals surface area contributed by atoms with Gasteiger partial charge in [0.1, 0.15) is 6.04 Å². The Labute approximate surface area is 115 Å². The smallest absolute Gasteiger partial charge is 0.326 e. The van der Waals surface area contributed by atoms with Gasteiger partial charge in [0.15, 0.2) is 0 Å². The molecule has 0 spiro atoms. The number of amides is 2. The van der Waals surface area contributed by atoms with E-state index in [9.17, 15) is 9.59 Å². The minimum Gasteiger partial charge on any atom is -0.480 e. The van der Waals surface area contributed by atoms with Crippen molar-refractivity contribution in [2.45, 2.75) is 12.5 Å². The number of urea groups is 1. The maximum atomic E-state index is 11.7. The van der Waals surface area contributed by atoms with Crippen LogP contribution in [0.5, 0.6) is 0 Å². The van der Waals surface area contributed by atoms with E-state index in [1.165, 1.54) is 11.8 Å². The highest BCUT2D eigenvalue weighted by molar-refractivity contribution is 7.98. The number of hydrogen-bond acceptors (Lipinski definition) is 4. The van der Waals surface area contributed by atoms with Crippen LogP contribution in [0.2, 0.25) is 0 Å². The highest BCUT2D eigenvalue weighted by Crippen LogP contribution is 2.10. The molecule has 0 radical (unpaired) electrons. The van der Waals surface area contributed by atoms with E-state index in [1.54, 1.807) is 24.3 Å². The summed E-state index contributed by atoms with van der Waals surface area (Å²) in [7, 11) is 0. The van der Waals surface area contributed by atoms with Crippen LogP contribution in [-0.2, 0) is 4.79 Å². The summed E-state index contributed by atoms with van der Waals surface area (Å²) in [4.78, 5) is 22.6. The minimum absolute atomic E-state index is 0.381. The Balaban J connectivity index is 2.52. The van der Waals surface area contributed by atoms with Crippen LogP contribution in [0.4, 0.5) is 16.2 Å². The number of aliphatic carboxylic acids is 1. The lowest BCUT2D eigenvalue weighted by Crippen LogP contribution is -2.43. The van der Waals surface area contributed by atoms with Gasteiger partial charge in [0.25, 0.3) is 0 Å². The summed E-state index contributed by atoms with van der Waals surface area (Å²) in [5.74, 6) is -0.374. The Morgan fingerprint density at radius 3 is 2.53 bits per heavy atom. The third-order valence-corrected chi connectivity index (χ3v) is 3.03. The standard InChI is InChI=1S/C12H17N3O3S/c1-19-7-6-10(11(16)17)15-12(18)14-9-4-2-8(13)3-5-9/h2-5,10H,6-7,13H2,1H3,(H,16,17)(H2,14,15,18). The van der Waals surface area contributed by atoms with E-state index in [4.69, 9.17) is 10.8 Å². The van der Waals surface area contributed by atoms with Gasteiger partial charge in [0.2, 0.25) is 0 Å². The zero-order valence-electron chi connectivity index (χ0n) is 10.6. The Morgan fingerprint density at radius 1 is 1.37 bits per heavy atom. The average Bonchev–Trinajstić information content (AvgIpc) is 2.37. The molecule has 19 heavy (non-hydrogen) atoms. The number of nitrogens with two attached hydrogens (primary N) is 1. The van der Waals surface area contributed by atoms with E-state index >= 15 is 0 Å². The van der Waals surface area contributed by atoms with Crippen molar-refractivity contribution in [2.24, 2.45) is 0 Å². The minimum atomic E-state index is -1.04. The lowest BCUT2D eigenvalue weighted by molar-refractivity contribution is -0.139. The van der Waals surface area contributed by atoms with Crippen LogP contribution in [0.25, 0.3) is 0 Å². The second-order valence-electron chi connectivity index (χ2n) is 3.89.